The number of nitrogens with zero attached hydrogens (tertiary/aromatic N) is 1. The molecule has 0 N–H and O–H groups in total. The Morgan fingerprint density at radius 1 is 1.04 bits per heavy atom. The normalized spacial score (nSPS) is 13.9. The van der Waals surface area contributed by atoms with Crippen LogP contribution >= 0.6 is 0 Å². The summed E-state index contributed by atoms with van der Waals surface area (Å²) in [6.45, 7) is 4.30. The fourth-order valence-corrected chi connectivity index (χ4v) is 4.32. The van der Waals surface area contributed by atoms with Gasteiger partial charge >= 0.3 is 0 Å². The Morgan fingerprint density at radius 2 is 1.71 bits per heavy atom. The van der Waals surface area contributed by atoms with Gasteiger partial charge in [-0.3, -0.25) is 4.31 Å². The van der Waals surface area contributed by atoms with Gasteiger partial charge in [0, 0.05) is 6.54 Å². The Bertz CT molecular complexity index is 829. The Balaban J connectivity index is 1.90. The second-order valence-corrected chi connectivity index (χ2v) is 7.82. The molecule has 0 amide bonds. The van der Waals surface area contributed by atoms with Crippen LogP contribution in [0.4, 0.5) is 5.69 Å². The van der Waals surface area contributed by atoms with Crippen LogP contribution in [0.5, 0.6) is 11.5 Å². The first kappa shape index (κ1) is 16.6. The summed E-state index contributed by atoms with van der Waals surface area (Å²) < 4.78 is 38.1. The third-order valence-corrected chi connectivity index (χ3v) is 5.75. The van der Waals surface area contributed by atoms with E-state index in [0.29, 0.717) is 18.7 Å². The molecule has 0 radical (unpaired) electrons. The van der Waals surface area contributed by atoms with Crippen LogP contribution in [-0.2, 0) is 16.4 Å². The summed E-state index contributed by atoms with van der Waals surface area (Å²) in [6, 6.07) is 12.0. The van der Waals surface area contributed by atoms with Crippen molar-refractivity contribution >= 4 is 15.7 Å². The number of hydrogen-bond donors (Lipinski definition) is 0. The van der Waals surface area contributed by atoms with Gasteiger partial charge in [0.2, 0.25) is 0 Å². The van der Waals surface area contributed by atoms with Gasteiger partial charge in [-0.15, -0.1) is 0 Å². The maximum atomic E-state index is 12.9. The summed E-state index contributed by atoms with van der Waals surface area (Å²) in [5, 5.41) is 0. The lowest BCUT2D eigenvalue weighted by atomic mass is 10.1. The van der Waals surface area contributed by atoms with Crippen molar-refractivity contribution in [2.75, 3.05) is 18.0 Å². The predicted molar refractivity (Wildman–Crippen MR) is 93.4 cm³/mol. The van der Waals surface area contributed by atoms with E-state index in [-0.39, 0.29) is 11.0 Å². The molecule has 3 rings (SSSR count). The SMILES string of the molecule is COc1ccc2c(c1)CCN2S(=O)(=O)c1ccc(OC(C)C)cc1. The van der Waals surface area contributed by atoms with Gasteiger partial charge in [0.15, 0.2) is 0 Å². The Labute approximate surface area is 142 Å². The van der Waals surface area contributed by atoms with Crippen molar-refractivity contribution in [2.24, 2.45) is 0 Å². The first-order valence-electron chi connectivity index (χ1n) is 7.88. The van der Waals surface area contributed by atoms with Gasteiger partial charge < -0.3 is 9.47 Å². The zero-order valence-electron chi connectivity index (χ0n) is 14.0. The number of rotatable bonds is 5. The lowest BCUT2D eigenvalue weighted by Crippen LogP contribution is -2.29. The smallest absolute Gasteiger partial charge is 0.264 e. The highest BCUT2D eigenvalue weighted by Crippen LogP contribution is 2.35. The van der Waals surface area contributed by atoms with Crippen LogP contribution in [0.1, 0.15) is 19.4 Å². The first-order chi connectivity index (χ1) is 11.4. The molecular formula is C18H21NO4S. The van der Waals surface area contributed by atoms with Crippen molar-refractivity contribution in [3.8, 4) is 11.5 Å². The number of anilines is 1. The lowest BCUT2D eigenvalue weighted by Gasteiger charge is -2.20. The van der Waals surface area contributed by atoms with Gasteiger partial charge in [0.25, 0.3) is 10.0 Å². The first-order valence-corrected chi connectivity index (χ1v) is 9.32. The largest absolute Gasteiger partial charge is 0.497 e. The molecular weight excluding hydrogens is 326 g/mol. The number of ether oxygens (including phenoxy) is 2. The summed E-state index contributed by atoms with van der Waals surface area (Å²) in [4.78, 5) is 0.266. The number of methoxy groups -OCH3 is 1. The van der Waals surface area contributed by atoms with Crippen LogP contribution in [0, 0.1) is 0 Å². The average Bonchev–Trinajstić information content (AvgIpc) is 2.98. The molecule has 0 aromatic heterocycles. The molecule has 0 bridgehead atoms. The van der Waals surface area contributed by atoms with E-state index in [4.69, 9.17) is 9.47 Å². The van der Waals surface area contributed by atoms with Crippen LogP contribution in [0.15, 0.2) is 47.4 Å². The monoisotopic (exact) mass is 347 g/mol. The molecule has 1 aliphatic heterocycles. The minimum absolute atomic E-state index is 0.0490. The van der Waals surface area contributed by atoms with Crippen LogP contribution in [-0.4, -0.2) is 28.2 Å². The standard InChI is InChI=1S/C18H21NO4S/c1-13(2)23-15-4-7-17(8-5-15)24(20,21)19-11-10-14-12-16(22-3)6-9-18(14)19/h4-9,12-13H,10-11H2,1-3H3. The van der Waals surface area contributed by atoms with Crippen LogP contribution in [0.25, 0.3) is 0 Å². The number of benzene rings is 2. The molecule has 0 unspecified atom stereocenters. The fraction of sp³-hybridized carbons (Fsp3) is 0.333. The quantitative estimate of drug-likeness (QED) is 0.833. The highest BCUT2D eigenvalue weighted by Gasteiger charge is 2.31. The predicted octanol–water partition coefficient (Wildman–Crippen LogP) is 3.23. The van der Waals surface area contributed by atoms with E-state index >= 15 is 0 Å². The van der Waals surface area contributed by atoms with Gasteiger partial charge in [0.1, 0.15) is 11.5 Å². The number of sulfonamides is 1. The maximum absolute atomic E-state index is 12.9. The molecule has 0 fully saturated rings. The molecule has 1 heterocycles. The molecule has 0 atom stereocenters. The molecule has 2 aromatic rings. The third-order valence-electron chi connectivity index (χ3n) is 3.92. The highest BCUT2D eigenvalue weighted by atomic mass is 32.2. The molecule has 0 aliphatic carbocycles. The van der Waals surface area contributed by atoms with Crippen molar-refractivity contribution in [2.45, 2.75) is 31.3 Å². The highest BCUT2D eigenvalue weighted by molar-refractivity contribution is 7.92. The molecule has 6 heteroatoms. The van der Waals surface area contributed by atoms with Crippen LogP contribution in [0.3, 0.4) is 0 Å². The Hall–Kier alpha value is -2.21. The van der Waals surface area contributed by atoms with E-state index in [9.17, 15) is 8.42 Å². The van der Waals surface area contributed by atoms with Gasteiger partial charge in [0.05, 0.1) is 23.8 Å². The molecule has 0 saturated heterocycles. The zero-order valence-corrected chi connectivity index (χ0v) is 14.8. The zero-order chi connectivity index (χ0) is 17.3. The maximum Gasteiger partial charge on any atom is 0.264 e. The van der Waals surface area contributed by atoms with Gasteiger partial charge in [-0.25, -0.2) is 8.42 Å². The van der Waals surface area contributed by atoms with Crippen LogP contribution in [0.2, 0.25) is 0 Å². The second kappa shape index (κ2) is 6.36. The van der Waals surface area contributed by atoms with Gasteiger partial charge in [-0.1, -0.05) is 0 Å². The van der Waals surface area contributed by atoms with E-state index in [1.807, 2.05) is 19.9 Å². The van der Waals surface area contributed by atoms with Gasteiger partial charge in [-0.2, -0.15) is 0 Å². The Morgan fingerprint density at radius 3 is 2.33 bits per heavy atom. The molecule has 2 aromatic carbocycles. The summed E-state index contributed by atoms with van der Waals surface area (Å²) in [6.07, 6.45) is 0.730. The van der Waals surface area contributed by atoms with Crippen molar-refractivity contribution in [1.29, 1.82) is 0 Å². The molecule has 0 saturated carbocycles. The minimum atomic E-state index is -3.58. The van der Waals surface area contributed by atoms with Crippen LogP contribution < -0.4 is 13.8 Å². The van der Waals surface area contributed by atoms with Crippen molar-refractivity contribution in [3.05, 3.63) is 48.0 Å². The van der Waals surface area contributed by atoms with Crippen molar-refractivity contribution < 1.29 is 17.9 Å². The molecule has 0 spiro atoms. The molecule has 128 valence electrons. The lowest BCUT2D eigenvalue weighted by molar-refractivity contribution is 0.242. The van der Waals surface area contributed by atoms with Gasteiger partial charge in [-0.05, 0) is 68.3 Å². The van der Waals surface area contributed by atoms with E-state index in [1.165, 1.54) is 4.31 Å². The summed E-state index contributed by atoms with van der Waals surface area (Å²) >= 11 is 0. The summed E-state index contributed by atoms with van der Waals surface area (Å²) in [5.41, 5.74) is 1.70. The van der Waals surface area contributed by atoms with E-state index in [0.717, 1.165) is 17.0 Å². The molecule has 5 nitrogen and oxygen atoms in total. The van der Waals surface area contributed by atoms with E-state index in [2.05, 4.69) is 0 Å². The minimum Gasteiger partial charge on any atom is -0.497 e. The fourth-order valence-electron chi connectivity index (χ4n) is 2.81. The molecule has 24 heavy (non-hydrogen) atoms. The van der Waals surface area contributed by atoms with E-state index in [1.54, 1.807) is 43.5 Å². The van der Waals surface area contributed by atoms with Crippen molar-refractivity contribution in [1.82, 2.24) is 0 Å². The summed E-state index contributed by atoms with van der Waals surface area (Å²) in [7, 11) is -1.98. The number of fused-ring (bicyclic) bond motifs is 1. The average molecular weight is 347 g/mol. The summed E-state index contributed by atoms with van der Waals surface area (Å²) in [5.74, 6) is 1.40. The van der Waals surface area contributed by atoms with E-state index < -0.39 is 10.0 Å². The van der Waals surface area contributed by atoms with Crippen molar-refractivity contribution in [3.63, 3.8) is 0 Å². The topological polar surface area (TPSA) is 55.8 Å². The number of hydrogen-bond acceptors (Lipinski definition) is 4. The molecule has 1 aliphatic rings. The Kier molecular flexibility index (Phi) is 4.41. The second-order valence-electron chi connectivity index (χ2n) is 5.96. The third kappa shape index (κ3) is 3.06.